The Bertz CT molecular complexity index is 545. The van der Waals surface area contributed by atoms with Crippen LogP contribution in [0.15, 0.2) is 4.90 Å². The fraction of sp³-hybridized carbons (Fsp3) is 0.769. The molecule has 0 atom stereocenters. The lowest BCUT2D eigenvalue weighted by Crippen LogP contribution is -2.17. The molecule has 1 aliphatic rings. The second kappa shape index (κ2) is 5.83. The first-order valence-corrected chi connectivity index (χ1v) is 9.34. The van der Waals surface area contributed by atoms with Gasteiger partial charge in [-0.2, -0.15) is 5.10 Å². The maximum atomic E-state index is 11.8. The summed E-state index contributed by atoms with van der Waals surface area (Å²) in [6.07, 6.45) is 7.05. The molecule has 0 bridgehead atoms. The highest BCUT2D eigenvalue weighted by Crippen LogP contribution is 2.33. The van der Waals surface area contributed by atoms with Gasteiger partial charge >= 0.3 is 0 Å². The molecule has 0 saturated heterocycles. The minimum atomic E-state index is -3.72. The smallest absolute Gasteiger partial charge is 0.264 e. The first kappa shape index (κ1) is 14.9. The molecule has 4 nitrogen and oxygen atoms in total. The van der Waals surface area contributed by atoms with E-state index < -0.39 is 9.05 Å². The van der Waals surface area contributed by atoms with Crippen LogP contribution >= 0.6 is 10.7 Å². The van der Waals surface area contributed by atoms with Gasteiger partial charge in [-0.25, -0.2) is 8.42 Å². The fourth-order valence-corrected chi connectivity index (χ4v) is 4.49. The maximum Gasteiger partial charge on any atom is 0.264 e. The predicted octanol–water partition coefficient (Wildman–Crippen LogP) is 3.44. The van der Waals surface area contributed by atoms with Crippen molar-refractivity contribution in [2.45, 2.75) is 69.7 Å². The molecule has 6 heteroatoms. The van der Waals surface area contributed by atoms with Crippen molar-refractivity contribution < 1.29 is 8.42 Å². The lowest BCUT2D eigenvalue weighted by Gasteiger charge is -2.23. The van der Waals surface area contributed by atoms with Gasteiger partial charge in [-0.05, 0) is 25.7 Å². The Balaban J connectivity index is 2.52. The van der Waals surface area contributed by atoms with Crippen LogP contribution in [0.4, 0.5) is 0 Å². The molecule has 0 N–H and O–H groups in total. The quantitative estimate of drug-likeness (QED) is 0.801. The van der Waals surface area contributed by atoms with Crippen LogP contribution in [0.2, 0.25) is 0 Å². The summed E-state index contributed by atoms with van der Waals surface area (Å²) >= 11 is 0. The lowest BCUT2D eigenvalue weighted by molar-refractivity contribution is 0.321. The highest BCUT2D eigenvalue weighted by Gasteiger charge is 2.28. The molecule has 0 amide bonds. The zero-order valence-electron chi connectivity index (χ0n) is 11.5. The van der Waals surface area contributed by atoms with E-state index in [2.05, 4.69) is 5.10 Å². The minimum absolute atomic E-state index is 0.254. The summed E-state index contributed by atoms with van der Waals surface area (Å²) in [6.45, 7) is 3.87. The Morgan fingerprint density at radius 2 is 1.84 bits per heavy atom. The van der Waals surface area contributed by atoms with Crippen LogP contribution in [0.3, 0.4) is 0 Å². The topological polar surface area (TPSA) is 52.0 Å². The fourth-order valence-electron chi connectivity index (χ4n) is 2.97. The van der Waals surface area contributed by atoms with E-state index in [1.807, 2.05) is 18.5 Å². The number of aromatic nitrogens is 2. The van der Waals surface area contributed by atoms with Crippen LogP contribution in [0.25, 0.3) is 0 Å². The van der Waals surface area contributed by atoms with Crippen molar-refractivity contribution in [3.8, 4) is 0 Å². The van der Waals surface area contributed by atoms with Crippen LogP contribution < -0.4 is 0 Å². The third-order valence-corrected chi connectivity index (χ3v) is 5.29. The third kappa shape index (κ3) is 2.97. The monoisotopic (exact) mass is 304 g/mol. The number of hydrogen-bond acceptors (Lipinski definition) is 3. The Kier molecular flexibility index (Phi) is 4.56. The molecule has 0 unspecified atom stereocenters. The van der Waals surface area contributed by atoms with Gasteiger partial charge in [0.1, 0.15) is 4.90 Å². The number of halogens is 1. The molecular weight excluding hydrogens is 284 g/mol. The zero-order valence-corrected chi connectivity index (χ0v) is 13.1. The van der Waals surface area contributed by atoms with E-state index in [0.29, 0.717) is 24.6 Å². The molecule has 1 aromatic heterocycles. The van der Waals surface area contributed by atoms with Gasteiger partial charge in [0.25, 0.3) is 9.05 Å². The molecule has 1 aliphatic carbocycles. The molecular formula is C13H21ClN2O2S. The largest absolute Gasteiger partial charge is 0.265 e. The third-order valence-electron chi connectivity index (χ3n) is 3.86. The molecule has 1 heterocycles. The highest BCUT2D eigenvalue weighted by molar-refractivity contribution is 8.13. The Hall–Kier alpha value is -0.550. The van der Waals surface area contributed by atoms with Crippen molar-refractivity contribution in [3.05, 3.63) is 11.4 Å². The summed E-state index contributed by atoms with van der Waals surface area (Å²) in [4.78, 5) is 0.254. The van der Waals surface area contributed by atoms with Crippen molar-refractivity contribution in [1.82, 2.24) is 9.78 Å². The summed E-state index contributed by atoms with van der Waals surface area (Å²) in [5, 5.41) is 4.54. The van der Waals surface area contributed by atoms with E-state index in [0.717, 1.165) is 18.5 Å². The van der Waals surface area contributed by atoms with Crippen LogP contribution in [0, 0.1) is 0 Å². The summed E-state index contributed by atoms with van der Waals surface area (Å²) in [7, 11) is 1.88. The van der Waals surface area contributed by atoms with Crippen molar-refractivity contribution in [1.29, 1.82) is 0 Å². The molecule has 1 aromatic rings. The van der Waals surface area contributed by atoms with Crippen LogP contribution in [0.5, 0.6) is 0 Å². The van der Waals surface area contributed by atoms with E-state index in [-0.39, 0.29) is 4.90 Å². The molecule has 19 heavy (non-hydrogen) atoms. The summed E-state index contributed by atoms with van der Waals surface area (Å²) in [5.74, 6) is 0. The van der Waals surface area contributed by atoms with Gasteiger partial charge in [0.15, 0.2) is 0 Å². The average Bonchev–Trinajstić information content (AvgIpc) is 2.78. The molecule has 0 aliphatic heterocycles. The number of aryl methyl sites for hydroxylation is 1. The maximum absolute atomic E-state index is 11.8. The van der Waals surface area contributed by atoms with Gasteiger partial charge in [0.05, 0.1) is 17.4 Å². The number of nitrogens with zero attached hydrogens (tertiary/aromatic N) is 2. The van der Waals surface area contributed by atoms with Gasteiger partial charge in [-0.3, -0.25) is 4.68 Å². The first-order valence-electron chi connectivity index (χ1n) is 7.03. The number of hydrogen-bond donors (Lipinski definition) is 0. The Labute approximate surface area is 119 Å². The summed E-state index contributed by atoms with van der Waals surface area (Å²) in [5.41, 5.74) is 1.39. The van der Waals surface area contributed by atoms with Crippen LogP contribution in [-0.4, -0.2) is 18.2 Å². The van der Waals surface area contributed by atoms with E-state index in [4.69, 9.17) is 10.7 Å². The van der Waals surface area contributed by atoms with Gasteiger partial charge in [-0.15, -0.1) is 0 Å². The molecule has 108 valence electrons. The lowest BCUT2D eigenvalue weighted by atomic mass is 9.95. The summed E-state index contributed by atoms with van der Waals surface area (Å²) < 4.78 is 25.5. The van der Waals surface area contributed by atoms with Gasteiger partial charge < -0.3 is 0 Å². The van der Waals surface area contributed by atoms with E-state index in [1.54, 1.807) is 0 Å². The predicted molar refractivity (Wildman–Crippen MR) is 76.1 cm³/mol. The normalized spacial score (nSPS) is 17.8. The van der Waals surface area contributed by atoms with Crippen LogP contribution in [-0.2, 0) is 21.9 Å². The van der Waals surface area contributed by atoms with Gasteiger partial charge in [0, 0.05) is 10.7 Å². The second-order valence-electron chi connectivity index (χ2n) is 5.10. The number of rotatable bonds is 4. The zero-order chi connectivity index (χ0) is 14.0. The van der Waals surface area contributed by atoms with E-state index in [1.165, 1.54) is 19.3 Å². The van der Waals surface area contributed by atoms with Gasteiger partial charge in [-0.1, -0.05) is 33.1 Å². The second-order valence-corrected chi connectivity index (χ2v) is 7.61. The van der Waals surface area contributed by atoms with Crippen molar-refractivity contribution in [2.75, 3.05) is 0 Å². The minimum Gasteiger partial charge on any atom is -0.265 e. The standard InChI is InChI=1S/C13H21ClN2O2S/c1-3-11-13(19(14,17)18)12(4-2)16(15-11)10-8-6-5-7-9-10/h10H,3-9H2,1-2H3. The average molecular weight is 305 g/mol. The van der Waals surface area contributed by atoms with Crippen molar-refractivity contribution >= 4 is 19.7 Å². The van der Waals surface area contributed by atoms with E-state index in [9.17, 15) is 8.42 Å². The Morgan fingerprint density at radius 3 is 2.32 bits per heavy atom. The Morgan fingerprint density at radius 1 is 1.21 bits per heavy atom. The molecule has 0 aromatic carbocycles. The SMILES string of the molecule is CCc1nn(C2CCCCC2)c(CC)c1S(=O)(=O)Cl. The first-order chi connectivity index (χ1) is 8.99. The van der Waals surface area contributed by atoms with Crippen molar-refractivity contribution in [3.63, 3.8) is 0 Å². The van der Waals surface area contributed by atoms with E-state index >= 15 is 0 Å². The van der Waals surface area contributed by atoms with Crippen molar-refractivity contribution in [2.24, 2.45) is 0 Å². The molecule has 2 rings (SSSR count). The highest BCUT2D eigenvalue weighted by atomic mass is 35.7. The molecule has 0 radical (unpaired) electrons. The van der Waals surface area contributed by atoms with Crippen LogP contribution in [0.1, 0.15) is 63.4 Å². The summed E-state index contributed by atoms with van der Waals surface area (Å²) in [6, 6.07) is 0.334. The molecule has 0 spiro atoms. The van der Waals surface area contributed by atoms with Gasteiger partial charge in [0.2, 0.25) is 0 Å². The molecule has 1 fully saturated rings. The molecule has 1 saturated carbocycles.